The van der Waals surface area contributed by atoms with E-state index in [-0.39, 0.29) is 30.3 Å². The van der Waals surface area contributed by atoms with Gasteiger partial charge in [-0.25, -0.2) is 13.4 Å². The van der Waals surface area contributed by atoms with Crippen LogP contribution < -0.4 is 30.7 Å². The lowest BCUT2D eigenvalue weighted by Gasteiger charge is -2.44. The maximum Gasteiger partial charge on any atom is 0.326 e. The number of hydrogen-bond acceptors (Lipinski definition) is 6. The van der Waals surface area contributed by atoms with Crippen molar-refractivity contribution in [1.82, 2.24) is 4.57 Å². The minimum Gasteiger partial charge on any atom is -1.00 e. The zero-order valence-corrected chi connectivity index (χ0v) is 24.1. The van der Waals surface area contributed by atoms with E-state index in [9.17, 15) is 28.2 Å². The Morgan fingerprint density at radius 3 is 2.52 bits per heavy atom. The number of aliphatic hydroxyl groups excluding tert-OH is 1. The average molecular weight is 586 g/mol. The molecule has 12 heteroatoms. The van der Waals surface area contributed by atoms with Crippen molar-refractivity contribution in [1.29, 1.82) is 0 Å². The van der Waals surface area contributed by atoms with Gasteiger partial charge in [-0.2, -0.15) is 8.42 Å². The Labute approximate surface area is 238 Å². The molecule has 40 heavy (non-hydrogen) atoms. The molecule has 5 atom stereocenters. The number of aryl methyl sites for hydroxylation is 1. The highest BCUT2D eigenvalue weighted by atomic mass is 35.5. The topological polar surface area (TPSA) is 127 Å². The van der Waals surface area contributed by atoms with Crippen molar-refractivity contribution in [3.05, 3.63) is 65.8 Å². The van der Waals surface area contributed by atoms with E-state index in [1.807, 2.05) is 47.0 Å². The smallest absolute Gasteiger partial charge is 0.326 e. The second kappa shape index (κ2) is 9.60. The van der Waals surface area contributed by atoms with Gasteiger partial charge in [-0.15, -0.1) is 0 Å². The molecule has 1 aliphatic heterocycles. The third-order valence-electron chi connectivity index (χ3n) is 8.77. The number of nitrogens with zero attached hydrogens (tertiary/aromatic N) is 4. The van der Waals surface area contributed by atoms with Crippen LogP contribution in [0.2, 0.25) is 0 Å². The highest BCUT2D eigenvalue weighted by Crippen LogP contribution is 2.56. The van der Waals surface area contributed by atoms with E-state index in [0.29, 0.717) is 23.5 Å². The summed E-state index contributed by atoms with van der Waals surface area (Å²) in [6.45, 7) is 3.69. The summed E-state index contributed by atoms with van der Waals surface area (Å²) in [5, 5.41) is 24.1. The van der Waals surface area contributed by atoms with Gasteiger partial charge < -0.3 is 27.4 Å². The van der Waals surface area contributed by atoms with Crippen LogP contribution >= 0.6 is 0 Å². The van der Waals surface area contributed by atoms with Crippen LogP contribution in [0.5, 0.6) is 0 Å². The van der Waals surface area contributed by atoms with Crippen LogP contribution in [-0.2, 0) is 33.4 Å². The largest absolute Gasteiger partial charge is 1.00 e. The van der Waals surface area contributed by atoms with Gasteiger partial charge in [0, 0.05) is 29.8 Å². The van der Waals surface area contributed by atoms with Crippen LogP contribution in [0, 0.1) is 23.7 Å². The van der Waals surface area contributed by atoms with Crippen LogP contribution in [0.3, 0.4) is 0 Å². The Balaban J connectivity index is 0.00000323. The lowest BCUT2D eigenvalue weighted by atomic mass is 9.59. The van der Waals surface area contributed by atoms with Gasteiger partial charge in [-0.1, -0.05) is 25.1 Å². The van der Waals surface area contributed by atoms with E-state index in [0.717, 1.165) is 16.3 Å². The van der Waals surface area contributed by atoms with Gasteiger partial charge in [0.1, 0.15) is 24.7 Å². The molecule has 2 aromatic carbocycles. The summed E-state index contributed by atoms with van der Waals surface area (Å²) in [6.07, 6.45) is 4.95. The Morgan fingerprint density at radius 1 is 1.18 bits per heavy atom. The molecule has 1 saturated carbocycles. The fraction of sp³-hybridized carbons (Fsp3) is 0.393. The molecule has 0 spiro atoms. The van der Waals surface area contributed by atoms with E-state index < -0.39 is 46.0 Å². The van der Waals surface area contributed by atoms with Crippen molar-refractivity contribution in [3.63, 3.8) is 0 Å². The summed E-state index contributed by atoms with van der Waals surface area (Å²) >= 11 is 0. The van der Waals surface area contributed by atoms with E-state index >= 15 is 0 Å². The summed E-state index contributed by atoms with van der Waals surface area (Å²) in [7, 11) is -0.645. The first kappa shape index (κ1) is 28.1. The number of Topliss-reactive ketones (excluding diaryl/α,β-unsaturated/α-hetero) is 1. The molecule has 3 aliphatic rings. The number of halogens is 1. The molecule has 1 N–H and O–H groups in total. The third-order valence-corrected chi connectivity index (χ3v) is 10.5. The monoisotopic (exact) mass is 585 g/mol. The number of aliphatic carboxylic acids is 1. The SMILES string of the molecule is C[C@@H](O)[C@H]1C(=O)C2C(C(=O)[O-])=C(CN3c4cccc5c(Cn6cc[n+](C)c6)ccc(c45)N(C)S3(=O)=O)[C@H](C)[C@@H]21.[Cl-]. The molecule has 6 rings (SSSR count). The Kier molecular flexibility index (Phi) is 6.75. The maximum absolute atomic E-state index is 13.8. The van der Waals surface area contributed by atoms with Gasteiger partial charge in [-0.3, -0.25) is 9.10 Å². The van der Waals surface area contributed by atoms with Gasteiger partial charge in [0.2, 0.25) is 6.33 Å². The number of carbonyl (C=O) groups is 2. The predicted octanol–water partition coefficient (Wildman–Crippen LogP) is -2.47. The predicted molar refractivity (Wildman–Crippen MR) is 142 cm³/mol. The van der Waals surface area contributed by atoms with Crippen molar-refractivity contribution in [2.75, 3.05) is 22.2 Å². The van der Waals surface area contributed by atoms with Gasteiger partial charge in [0.25, 0.3) is 0 Å². The van der Waals surface area contributed by atoms with Crippen LogP contribution in [0.1, 0.15) is 19.4 Å². The third kappa shape index (κ3) is 3.86. The molecule has 0 amide bonds. The molecular formula is C28H30ClN4O6S-. The molecule has 10 nitrogen and oxygen atoms in total. The van der Waals surface area contributed by atoms with E-state index in [2.05, 4.69) is 0 Å². The van der Waals surface area contributed by atoms with Crippen LogP contribution in [0.15, 0.2) is 60.2 Å². The molecule has 3 aromatic rings. The van der Waals surface area contributed by atoms with Gasteiger partial charge >= 0.3 is 10.2 Å². The van der Waals surface area contributed by atoms with E-state index in [4.69, 9.17) is 0 Å². The zero-order valence-electron chi connectivity index (χ0n) is 22.5. The standard InChI is InChI=1S/C28H30N4O6S.ClH/c1-15-19(25(28(35)36)26-22(15)23(16(2)33)27(26)34)13-32-21-7-5-6-18-17(12-31-11-10-29(3)14-31)8-9-20(24(18)21)30(4)39(32,37)38;/h5-11,14-16,22-23,26,33H,12-13H2,1-4H3;1H/p-1/t15-,16+,22+,23+,26?;/m0./s1. The first-order chi connectivity index (χ1) is 18.4. The number of aromatic nitrogens is 2. The summed E-state index contributed by atoms with van der Waals surface area (Å²) in [5.74, 6) is -4.18. The van der Waals surface area contributed by atoms with Crippen molar-refractivity contribution in [2.24, 2.45) is 30.7 Å². The second-order valence-electron chi connectivity index (χ2n) is 10.9. The highest BCUT2D eigenvalue weighted by molar-refractivity contribution is 7.94. The first-order valence-electron chi connectivity index (χ1n) is 12.9. The Morgan fingerprint density at radius 2 is 1.90 bits per heavy atom. The van der Waals surface area contributed by atoms with Crippen LogP contribution in [0.4, 0.5) is 11.4 Å². The van der Waals surface area contributed by atoms with Gasteiger partial charge in [0.05, 0.1) is 37.0 Å². The number of carboxylic acids is 1. The fourth-order valence-electron chi connectivity index (χ4n) is 6.88. The normalized spacial score (nSPS) is 25.5. The Hall–Kier alpha value is -3.41. The van der Waals surface area contributed by atoms with Gasteiger partial charge in [-0.05, 0) is 47.4 Å². The maximum atomic E-state index is 13.8. The number of carboxylic acid groups (broad SMARTS) is 1. The summed E-state index contributed by atoms with van der Waals surface area (Å²) in [4.78, 5) is 25.1. The number of rotatable bonds is 6. The minimum atomic E-state index is -4.07. The summed E-state index contributed by atoms with van der Waals surface area (Å²) in [6, 6.07) is 9.22. The van der Waals surface area contributed by atoms with Crippen LogP contribution in [0.25, 0.3) is 10.8 Å². The fourth-order valence-corrected chi connectivity index (χ4v) is 8.28. The number of hydrogen-bond donors (Lipinski definition) is 1. The highest BCUT2D eigenvalue weighted by Gasteiger charge is 2.60. The molecule has 2 heterocycles. The van der Waals surface area contributed by atoms with Crippen LogP contribution in [-0.4, -0.2) is 49.5 Å². The number of carbonyl (C=O) groups excluding carboxylic acids is 2. The Bertz CT molecular complexity index is 1700. The molecule has 212 valence electrons. The number of ketones is 1. The van der Waals surface area contributed by atoms with E-state index in [1.165, 1.54) is 22.6 Å². The second-order valence-corrected chi connectivity index (χ2v) is 12.8. The molecule has 1 aromatic heterocycles. The number of aliphatic hydroxyl groups is 1. The molecule has 1 unspecified atom stereocenters. The number of benzene rings is 2. The molecule has 0 bridgehead atoms. The minimum absolute atomic E-state index is 0. The molecular weight excluding hydrogens is 556 g/mol. The molecule has 0 saturated heterocycles. The van der Waals surface area contributed by atoms with Crippen molar-refractivity contribution < 1.29 is 45.2 Å². The van der Waals surface area contributed by atoms with Crippen molar-refractivity contribution in [3.8, 4) is 0 Å². The van der Waals surface area contributed by atoms with Gasteiger partial charge in [0.15, 0.2) is 0 Å². The average Bonchev–Trinajstić information content (AvgIpc) is 3.39. The number of imidazole rings is 1. The molecule has 2 aliphatic carbocycles. The molecule has 1 fully saturated rings. The summed E-state index contributed by atoms with van der Waals surface area (Å²) in [5.41, 5.74) is 2.22. The zero-order chi connectivity index (χ0) is 28.0. The number of fused-ring (bicyclic) bond motifs is 1. The summed E-state index contributed by atoms with van der Waals surface area (Å²) < 4.78 is 34.1. The molecule has 0 radical (unpaired) electrons. The van der Waals surface area contributed by atoms with E-state index in [1.54, 1.807) is 25.1 Å². The van der Waals surface area contributed by atoms with Crippen molar-refractivity contribution >= 4 is 44.1 Å². The quantitative estimate of drug-likeness (QED) is 0.320. The lowest BCUT2D eigenvalue weighted by Crippen LogP contribution is -3.00. The first-order valence-corrected chi connectivity index (χ1v) is 14.3. The lowest BCUT2D eigenvalue weighted by molar-refractivity contribution is -0.671. The van der Waals surface area contributed by atoms with Crippen molar-refractivity contribution in [2.45, 2.75) is 26.5 Å². The number of anilines is 2.